The zero-order valence-corrected chi connectivity index (χ0v) is 12.5. The van der Waals surface area contributed by atoms with Crippen LogP contribution >= 0.6 is 23.2 Å². The summed E-state index contributed by atoms with van der Waals surface area (Å²) in [5.41, 5.74) is 0.647. The highest BCUT2D eigenvalue weighted by molar-refractivity contribution is 7.89. The van der Waals surface area contributed by atoms with Crippen LogP contribution in [-0.2, 0) is 10.0 Å². The van der Waals surface area contributed by atoms with Crippen molar-refractivity contribution >= 4 is 33.2 Å². The van der Waals surface area contributed by atoms with Gasteiger partial charge in [0.05, 0.1) is 10.0 Å². The molecule has 0 saturated heterocycles. The zero-order chi connectivity index (χ0) is 14.5. The van der Waals surface area contributed by atoms with E-state index < -0.39 is 10.0 Å². The van der Waals surface area contributed by atoms with Crippen LogP contribution in [0.15, 0.2) is 23.4 Å². The van der Waals surface area contributed by atoms with Crippen LogP contribution in [0, 0.1) is 0 Å². The Hall–Kier alpha value is -1.15. The third-order valence-electron chi connectivity index (χ3n) is 3.01. The van der Waals surface area contributed by atoms with Crippen molar-refractivity contribution in [2.75, 3.05) is 0 Å². The second-order valence-electron chi connectivity index (χ2n) is 4.58. The van der Waals surface area contributed by atoms with E-state index in [1.807, 2.05) is 0 Å². The van der Waals surface area contributed by atoms with Crippen molar-refractivity contribution in [3.63, 3.8) is 0 Å². The standard InChI is InChI=1S/C11H10Cl2N4O2S/c12-8-4-1-6(5-9(8)13)10-15-16-11(20(14,18)19)17(10)7-2-3-7/h1,4-5,7H,2-3H2,(H2,14,18,19). The first-order valence-corrected chi connectivity index (χ1v) is 8.11. The van der Waals surface area contributed by atoms with E-state index in [0.717, 1.165) is 12.8 Å². The van der Waals surface area contributed by atoms with Crippen molar-refractivity contribution in [3.05, 3.63) is 28.2 Å². The molecule has 0 aliphatic heterocycles. The molecule has 3 rings (SSSR count). The van der Waals surface area contributed by atoms with E-state index in [2.05, 4.69) is 10.2 Å². The van der Waals surface area contributed by atoms with Crippen LogP contribution < -0.4 is 5.14 Å². The van der Waals surface area contributed by atoms with Crippen molar-refractivity contribution in [2.45, 2.75) is 24.0 Å². The maximum absolute atomic E-state index is 11.6. The van der Waals surface area contributed by atoms with Crippen LogP contribution in [0.25, 0.3) is 11.4 Å². The van der Waals surface area contributed by atoms with Gasteiger partial charge in [0.1, 0.15) is 0 Å². The first-order valence-electron chi connectivity index (χ1n) is 5.81. The fourth-order valence-corrected chi connectivity index (χ4v) is 2.93. The average Bonchev–Trinajstić information content (AvgIpc) is 3.10. The summed E-state index contributed by atoms with van der Waals surface area (Å²) in [7, 11) is -3.91. The quantitative estimate of drug-likeness (QED) is 0.932. The Morgan fingerprint density at radius 2 is 1.90 bits per heavy atom. The highest BCUT2D eigenvalue weighted by atomic mass is 35.5. The second-order valence-corrected chi connectivity index (χ2v) is 6.85. The van der Waals surface area contributed by atoms with E-state index in [4.69, 9.17) is 28.3 Å². The Balaban J connectivity index is 2.19. The molecule has 1 saturated carbocycles. The molecular formula is C11H10Cl2N4O2S. The highest BCUT2D eigenvalue weighted by Crippen LogP contribution is 2.40. The molecule has 1 aromatic heterocycles. The number of nitrogens with two attached hydrogens (primary N) is 1. The summed E-state index contributed by atoms with van der Waals surface area (Å²) >= 11 is 11.8. The number of benzene rings is 1. The molecule has 0 amide bonds. The molecule has 1 aliphatic rings. The van der Waals surface area contributed by atoms with Gasteiger partial charge in [-0.05, 0) is 31.0 Å². The fourth-order valence-electron chi connectivity index (χ4n) is 1.96. The van der Waals surface area contributed by atoms with Gasteiger partial charge in [0, 0.05) is 11.6 Å². The third kappa shape index (κ3) is 2.42. The maximum atomic E-state index is 11.6. The molecule has 1 fully saturated rings. The molecular weight excluding hydrogens is 323 g/mol. The molecule has 0 atom stereocenters. The smallest absolute Gasteiger partial charge is 0.273 e. The maximum Gasteiger partial charge on any atom is 0.273 e. The monoisotopic (exact) mass is 332 g/mol. The molecule has 0 unspecified atom stereocenters. The number of hydrogen-bond donors (Lipinski definition) is 1. The number of hydrogen-bond acceptors (Lipinski definition) is 4. The predicted octanol–water partition coefficient (Wildman–Crippen LogP) is 2.23. The minimum atomic E-state index is -3.91. The topological polar surface area (TPSA) is 90.9 Å². The number of nitrogens with zero attached hydrogens (tertiary/aromatic N) is 3. The van der Waals surface area contributed by atoms with Crippen molar-refractivity contribution < 1.29 is 8.42 Å². The van der Waals surface area contributed by atoms with Gasteiger partial charge in [-0.3, -0.25) is 4.57 Å². The van der Waals surface area contributed by atoms with Crippen molar-refractivity contribution in [1.29, 1.82) is 0 Å². The van der Waals surface area contributed by atoms with Gasteiger partial charge in [-0.2, -0.15) is 0 Å². The molecule has 0 bridgehead atoms. The molecule has 106 valence electrons. The van der Waals surface area contributed by atoms with Crippen LogP contribution in [0.1, 0.15) is 18.9 Å². The van der Waals surface area contributed by atoms with Crippen LogP contribution in [0.4, 0.5) is 0 Å². The van der Waals surface area contributed by atoms with E-state index in [0.29, 0.717) is 21.4 Å². The van der Waals surface area contributed by atoms with Crippen LogP contribution in [0.5, 0.6) is 0 Å². The summed E-state index contributed by atoms with van der Waals surface area (Å²) in [5, 5.41) is 13.4. The lowest BCUT2D eigenvalue weighted by atomic mass is 10.2. The molecule has 6 nitrogen and oxygen atoms in total. The molecule has 20 heavy (non-hydrogen) atoms. The van der Waals surface area contributed by atoms with Gasteiger partial charge in [0.15, 0.2) is 5.82 Å². The Labute approximate surface area is 125 Å². The first-order chi connectivity index (χ1) is 9.38. The lowest BCUT2D eigenvalue weighted by Gasteiger charge is -2.08. The van der Waals surface area contributed by atoms with Crippen molar-refractivity contribution in [3.8, 4) is 11.4 Å². The Bertz CT molecular complexity index is 784. The minimum Gasteiger partial charge on any atom is -0.294 e. The lowest BCUT2D eigenvalue weighted by molar-refractivity contribution is 0.567. The summed E-state index contributed by atoms with van der Waals surface area (Å²) in [4.78, 5) is 0. The first kappa shape index (κ1) is 13.8. The molecule has 2 N–H and O–H groups in total. The highest BCUT2D eigenvalue weighted by Gasteiger charge is 2.33. The summed E-state index contributed by atoms with van der Waals surface area (Å²) in [6.45, 7) is 0. The number of primary sulfonamides is 1. The second kappa shape index (κ2) is 4.70. The van der Waals surface area contributed by atoms with Crippen LogP contribution in [-0.4, -0.2) is 23.2 Å². The number of halogens is 2. The Kier molecular flexibility index (Phi) is 3.24. The average molecular weight is 333 g/mol. The van der Waals surface area contributed by atoms with Crippen molar-refractivity contribution in [2.24, 2.45) is 5.14 Å². The van der Waals surface area contributed by atoms with Gasteiger partial charge in [-0.15, -0.1) is 10.2 Å². The molecule has 0 spiro atoms. The minimum absolute atomic E-state index is 0.0581. The Morgan fingerprint density at radius 1 is 1.20 bits per heavy atom. The molecule has 1 heterocycles. The SMILES string of the molecule is NS(=O)(=O)c1nnc(-c2ccc(Cl)c(Cl)c2)n1C1CC1. The largest absolute Gasteiger partial charge is 0.294 e. The van der Waals surface area contributed by atoms with Gasteiger partial charge >= 0.3 is 0 Å². The van der Waals surface area contributed by atoms with E-state index in [1.165, 1.54) is 0 Å². The van der Waals surface area contributed by atoms with E-state index in [1.54, 1.807) is 22.8 Å². The van der Waals surface area contributed by atoms with Gasteiger partial charge < -0.3 is 0 Å². The molecule has 1 aliphatic carbocycles. The van der Waals surface area contributed by atoms with Gasteiger partial charge in [0.2, 0.25) is 0 Å². The van der Waals surface area contributed by atoms with E-state index in [-0.39, 0.29) is 11.2 Å². The van der Waals surface area contributed by atoms with E-state index in [9.17, 15) is 8.42 Å². The summed E-state index contributed by atoms with van der Waals surface area (Å²) in [5.74, 6) is 0.426. The molecule has 2 aromatic rings. The number of sulfonamides is 1. The van der Waals surface area contributed by atoms with Crippen molar-refractivity contribution in [1.82, 2.24) is 14.8 Å². The molecule has 1 aromatic carbocycles. The Morgan fingerprint density at radius 3 is 2.45 bits per heavy atom. The third-order valence-corrected chi connectivity index (χ3v) is 4.54. The normalized spacial score (nSPS) is 15.6. The number of rotatable bonds is 3. The van der Waals surface area contributed by atoms with Crippen LogP contribution in [0.2, 0.25) is 10.0 Å². The fraction of sp³-hybridized carbons (Fsp3) is 0.273. The van der Waals surface area contributed by atoms with E-state index >= 15 is 0 Å². The summed E-state index contributed by atoms with van der Waals surface area (Å²) in [6.07, 6.45) is 1.74. The van der Waals surface area contributed by atoms with Gasteiger partial charge in [0.25, 0.3) is 15.2 Å². The molecule has 9 heteroatoms. The predicted molar refractivity (Wildman–Crippen MR) is 75.1 cm³/mol. The lowest BCUT2D eigenvalue weighted by Crippen LogP contribution is -2.18. The van der Waals surface area contributed by atoms with Crippen LogP contribution in [0.3, 0.4) is 0 Å². The zero-order valence-electron chi connectivity index (χ0n) is 10.1. The summed E-state index contributed by atoms with van der Waals surface area (Å²) < 4.78 is 24.7. The summed E-state index contributed by atoms with van der Waals surface area (Å²) in [6, 6.07) is 5.02. The van der Waals surface area contributed by atoms with Gasteiger partial charge in [-0.25, -0.2) is 13.6 Å². The van der Waals surface area contributed by atoms with Gasteiger partial charge in [-0.1, -0.05) is 23.2 Å². The number of aromatic nitrogens is 3. The molecule has 0 radical (unpaired) electrons.